The molecule has 0 saturated carbocycles. The summed E-state index contributed by atoms with van der Waals surface area (Å²) < 4.78 is 0. The lowest BCUT2D eigenvalue weighted by Gasteiger charge is -2.16. The van der Waals surface area contributed by atoms with Crippen LogP contribution in [0, 0.1) is 11.8 Å². The maximum atomic E-state index is 11.2. The maximum absolute atomic E-state index is 11.2. The second-order valence-corrected chi connectivity index (χ2v) is 5.63. The molecule has 106 valence electrons. The molecule has 0 bridgehead atoms. The lowest BCUT2D eigenvalue weighted by atomic mass is 9.93. The van der Waals surface area contributed by atoms with Crippen molar-refractivity contribution in [3.63, 3.8) is 0 Å². The van der Waals surface area contributed by atoms with Crippen LogP contribution in [0.1, 0.15) is 59.3 Å². The van der Waals surface area contributed by atoms with Crippen LogP contribution in [0.25, 0.3) is 0 Å². The van der Waals surface area contributed by atoms with E-state index in [1.807, 2.05) is 0 Å². The summed E-state index contributed by atoms with van der Waals surface area (Å²) in [5.74, 6) is -0.461. The minimum atomic E-state index is -1.13. The molecule has 0 aliphatic heterocycles. The first-order valence-electron chi connectivity index (χ1n) is 6.72. The van der Waals surface area contributed by atoms with E-state index in [2.05, 4.69) is 20.8 Å². The van der Waals surface area contributed by atoms with Gasteiger partial charge in [0.2, 0.25) is 0 Å². The number of aliphatic hydroxyl groups is 1. The predicted molar refractivity (Wildman–Crippen MR) is 70.4 cm³/mol. The van der Waals surface area contributed by atoms with Crippen molar-refractivity contribution in [1.29, 1.82) is 0 Å². The lowest BCUT2D eigenvalue weighted by Crippen LogP contribution is -2.18. The first-order valence-corrected chi connectivity index (χ1v) is 6.72. The minimum absolute atomic E-state index is 0.0409. The number of carbonyl (C=O) groups excluding carboxylic acids is 1. The highest BCUT2D eigenvalue weighted by atomic mass is 16.4. The number of carboxylic acid groups (broad SMARTS) is 1. The molecule has 0 fully saturated rings. The van der Waals surface area contributed by atoms with Gasteiger partial charge in [-0.15, -0.1) is 0 Å². The molecule has 18 heavy (non-hydrogen) atoms. The van der Waals surface area contributed by atoms with Gasteiger partial charge >= 0.3 is 5.97 Å². The number of aliphatic hydroxyl groups excluding tert-OH is 1. The van der Waals surface area contributed by atoms with Crippen LogP contribution < -0.4 is 0 Å². The second kappa shape index (κ2) is 9.09. The Morgan fingerprint density at radius 3 is 2.22 bits per heavy atom. The summed E-state index contributed by atoms with van der Waals surface area (Å²) in [7, 11) is 0. The number of carbonyl (C=O) groups is 2. The van der Waals surface area contributed by atoms with Crippen molar-refractivity contribution in [3.05, 3.63) is 0 Å². The monoisotopic (exact) mass is 258 g/mol. The molecule has 0 aliphatic rings. The van der Waals surface area contributed by atoms with Crippen LogP contribution in [0.4, 0.5) is 0 Å². The van der Waals surface area contributed by atoms with Crippen LogP contribution in [0.3, 0.4) is 0 Å². The zero-order valence-electron chi connectivity index (χ0n) is 11.7. The Labute approximate surface area is 109 Å². The molecule has 0 aromatic carbocycles. The van der Waals surface area contributed by atoms with Gasteiger partial charge in [-0.25, -0.2) is 0 Å². The SMILES string of the molecule is CC(C)CCCC(C)CC(O)CC(=O)CC(=O)O. The van der Waals surface area contributed by atoms with Crippen LogP contribution >= 0.6 is 0 Å². The fourth-order valence-electron chi connectivity index (χ4n) is 2.04. The Balaban J connectivity index is 3.75. The van der Waals surface area contributed by atoms with Gasteiger partial charge in [-0.3, -0.25) is 9.59 Å². The molecule has 0 radical (unpaired) electrons. The quantitative estimate of drug-likeness (QED) is 0.591. The van der Waals surface area contributed by atoms with Crippen LogP contribution in [-0.2, 0) is 9.59 Å². The average molecular weight is 258 g/mol. The number of carboxylic acids is 1. The molecule has 0 amide bonds. The number of aliphatic carboxylic acids is 1. The first kappa shape index (κ1) is 17.1. The Morgan fingerprint density at radius 2 is 1.72 bits per heavy atom. The van der Waals surface area contributed by atoms with Crippen molar-refractivity contribution in [1.82, 2.24) is 0 Å². The highest BCUT2D eigenvalue weighted by Crippen LogP contribution is 2.18. The molecule has 4 nitrogen and oxygen atoms in total. The number of hydrogen-bond donors (Lipinski definition) is 2. The van der Waals surface area contributed by atoms with E-state index in [0.717, 1.165) is 12.8 Å². The van der Waals surface area contributed by atoms with E-state index >= 15 is 0 Å². The van der Waals surface area contributed by atoms with Crippen molar-refractivity contribution >= 4 is 11.8 Å². The molecule has 0 spiro atoms. The lowest BCUT2D eigenvalue weighted by molar-refractivity contribution is -0.140. The zero-order chi connectivity index (χ0) is 14.1. The summed E-state index contributed by atoms with van der Waals surface area (Å²) in [6.45, 7) is 6.43. The van der Waals surface area contributed by atoms with Gasteiger partial charge in [0, 0.05) is 6.42 Å². The summed E-state index contributed by atoms with van der Waals surface area (Å²) in [6.07, 6.45) is 2.70. The van der Waals surface area contributed by atoms with Gasteiger partial charge in [-0.05, 0) is 18.3 Å². The van der Waals surface area contributed by atoms with Gasteiger partial charge in [0.1, 0.15) is 12.2 Å². The molecular weight excluding hydrogens is 232 g/mol. The summed E-state index contributed by atoms with van der Waals surface area (Å²) in [6, 6.07) is 0. The smallest absolute Gasteiger partial charge is 0.310 e. The third-order valence-corrected chi connectivity index (χ3v) is 2.96. The molecule has 0 aromatic rings. The van der Waals surface area contributed by atoms with Crippen LogP contribution in [-0.4, -0.2) is 28.1 Å². The highest BCUT2D eigenvalue weighted by Gasteiger charge is 2.16. The zero-order valence-corrected chi connectivity index (χ0v) is 11.7. The van der Waals surface area contributed by atoms with Gasteiger partial charge in [0.25, 0.3) is 0 Å². The van der Waals surface area contributed by atoms with Crippen molar-refractivity contribution in [2.45, 2.75) is 65.4 Å². The van der Waals surface area contributed by atoms with Crippen molar-refractivity contribution in [2.75, 3.05) is 0 Å². The van der Waals surface area contributed by atoms with E-state index in [-0.39, 0.29) is 6.42 Å². The molecular formula is C14H26O4. The largest absolute Gasteiger partial charge is 0.481 e. The third-order valence-electron chi connectivity index (χ3n) is 2.96. The molecule has 0 saturated heterocycles. The average Bonchev–Trinajstić information content (AvgIpc) is 2.14. The van der Waals surface area contributed by atoms with Gasteiger partial charge in [0.05, 0.1) is 6.10 Å². The van der Waals surface area contributed by atoms with E-state index in [0.29, 0.717) is 18.3 Å². The van der Waals surface area contributed by atoms with E-state index in [9.17, 15) is 14.7 Å². The van der Waals surface area contributed by atoms with E-state index < -0.39 is 24.3 Å². The van der Waals surface area contributed by atoms with E-state index in [1.165, 1.54) is 6.42 Å². The molecule has 2 atom stereocenters. The van der Waals surface area contributed by atoms with Gasteiger partial charge in [0.15, 0.2) is 0 Å². The predicted octanol–water partition coefficient (Wildman–Crippen LogP) is 2.63. The molecule has 4 heteroatoms. The van der Waals surface area contributed by atoms with Crippen LogP contribution in [0.2, 0.25) is 0 Å². The number of ketones is 1. The normalized spacial score (nSPS) is 14.5. The molecule has 2 N–H and O–H groups in total. The Bertz CT molecular complexity index is 261. The summed E-state index contributed by atoms with van der Waals surface area (Å²) >= 11 is 0. The molecule has 0 aromatic heterocycles. The van der Waals surface area contributed by atoms with Crippen molar-refractivity contribution < 1.29 is 19.8 Å². The topological polar surface area (TPSA) is 74.6 Å². The van der Waals surface area contributed by atoms with Gasteiger partial charge < -0.3 is 10.2 Å². The van der Waals surface area contributed by atoms with Gasteiger partial charge in [-0.2, -0.15) is 0 Å². The Hall–Kier alpha value is -0.900. The fraction of sp³-hybridized carbons (Fsp3) is 0.857. The first-order chi connectivity index (χ1) is 8.31. The van der Waals surface area contributed by atoms with Crippen LogP contribution in [0.15, 0.2) is 0 Å². The number of Topliss-reactive ketones (excluding diaryl/α,β-unsaturated/α-hetero) is 1. The second-order valence-electron chi connectivity index (χ2n) is 5.63. The van der Waals surface area contributed by atoms with E-state index in [4.69, 9.17) is 5.11 Å². The molecule has 0 rings (SSSR count). The minimum Gasteiger partial charge on any atom is -0.481 e. The standard InChI is InChI=1S/C14H26O4/c1-10(2)5-4-6-11(3)7-12(15)8-13(16)9-14(17)18/h10-12,15H,4-9H2,1-3H3,(H,17,18). The molecule has 0 heterocycles. The van der Waals surface area contributed by atoms with Crippen LogP contribution in [0.5, 0.6) is 0 Å². The third kappa shape index (κ3) is 10.3. The Morgan fingerprint density at radius 1 is 1.11 bits per heavy atom. The van der Waals surface area contributed by atoms with E-state index in [1.54, 1.807) is 0 Å². The fourth-order valence-corrected chi connectivity index (χ4v) is 2.04. The summed E-state index contributed by atoms with van der Waals surface area (Å²) in [4.78, 5) is 21.5. The number of hydrogen-bond acceptors (Lipinski definition) is 3. The van der Waals surface area contributed by atoms with Crippen molar-refractivity contribution in [2.24, 2.45) is 11.8 Å². The highest BCUT2D eigenvalue weighted by molar-refractivity contribution is 5.94. The van der Waals surface area contributed by atoms with Gasteiger partial charge in [-0.1, -0.05) is 40.0 Å². The number of rotatable bonds is 10. The molecule has 0 aliphatic carbocycles. The summed E-state index contributed by atoms with van der Waals surface area (Å²) in [5, 5.41) is 18.1. The summed E-state index contributed by atoms with van der Waals surface area (Å²) in [5.41, 5.74) is 0. The maximum Gasteiger partial charge on any atom is 0.310 e. The van der Waals surface area contributed by atoms with Crippen molar-refractivity contribution in [3.8, 4) is 0 Å². The Kier molecular flexibility index (Phi) is 8.63. The molecule has 2 unspecified atom stereocenters.